The van der Waals surface area contributed by atoms with Gasteiger partial charge in [0.25, 0.3) is 0 Å². The molecule has 3 rings (SSSR count). The van der Waals surface area contributed by atoms with Crippen molar-refractivity contribution in [3.8, 4) is 0 Å². The molecule has 1 aliphatic heterocycles. The molecule has 2 aliphatic rings. The molecule has 0 spiro atoms. The van der Waals surface area contributed by atoms with Crippen LogP contribution < -0.4 is 5.32 Å². The first-order valence-electron chi connectivity index (χ1n) is 6.82. The first-order chi connectivity index (χ1) is 8.72. The van der Waals surface area contributed by atoms with Crippen LogP contribution in [0.3, 0.4) is 0 Å². The molecule has 0 saturated carbocycles. The number of thioether (sulfide) groups is 1. The normalized spacial score (nSPS) is 26.7. The van der Waals surface area contributed by atoms with Crippen LogP contribution in [0.15, 0.2) is 23.2 Å². The maximum atomic E-state index is 4.72. The number of hydrogen-bond donors (Lipinski definition) is 1. The molecule has 0 amide bonds. The Balaban J connectivity index is 1.75. The second-order valence-electron chi connectivity index (χ2n) is 5.43. The van der Waals surface area contributed by atoms with E-state index >= 15 is 0 Å². The van der Waals surface area contributed by atoms with Crippen LogP contribution in [0.2, 0.25) is 0 Å². The average molecular weight is 260 g/mol. The summed E-state index contributed by atoms with van der Waals surface area (Å²) in [7, 11) is 0. The van der Waals surface area contributed by atoms with Crippen molar-refractivity contribution in [1.82, 2.24) is 0 Å². The summed E-state index contributed by atoms with van der Waals surface area (Å²) in [6.45, 7) is 4.47. The highest BCUT2D eigenvalue weighted by atomic mass is 32.2. The summed E-state index contributed by atoms with van der Waals surface area (Å²) < 4.78 is 0. The van der Waals surface area contributed by atoms with E-state index in [1.54, 1.807) is 0 Å². The van der Waals surface area contributed by atoms with Crippen LogP contribution in [0, 0.1) is 5.92 Å². The number of nitrogens with one attached hydrogen (secondary N) is 1. The second-order valence-corrected chi connectivity index (χ2v) is 6.43. The predicted octanol–water partition coefficient (Wildman–Crippen LogP) is 3.71. The fourth-order valence-corrected chi connectivity index (χ4v) is 3.67. The largest absolute Gasteiger partial charge is 0.335 e. The van der Waals surface area contributed by atoms with Gasteiger partial charge in [0.15, 0.2) is 5.17 Å². The van der Waals surface area contributed by atoms with Gasteiger partial charge in [0, 0.05) is 11.4 Å². The average Bonchev–Trinajstić information content (AvgIpc) is 2.81. The topological polar surface area (TPSA) is 24.4 Å². The minimum Gasteiger partial charge on any atom is -0.335 e. The van der Waals surface area contributed by atoms with Crippen molar-refractivity contribution in [2.24, 2.45) is 10.9 Å². The fraction of sp³-hybridized carbons (Fsp3) is 0.533. The molecule has 2 atom stereocenters. The van der Waals surface area contributed by atoms with Crippen molar-refractivity contribution in [2.45, 2.75) is 39.2 Å². The van der Waals surface area contributed by atoms with Crippen LogP contribution in [-0.2, 0) is 12.8 Å². The SMILES string of the molecule is CC1CSC(Nc2ccc3c(c2)CCC3)=NC1C. The number of anilines is 1. The Morgan fingerprint density at radius 3 is 2.89 bits per heavy atom. The summed E-state index contributed by atoms with van der Waals surface area (Å²) in [5.74, 6) is 1.85. The number of fused-ring (bicyclic) bond motifs is 1. The summed E-state index contributed by atoms with van der Waals surface area (Å²) in [4.78, 5) is 4.72. The molecule has 1 heterocycles. The number of hydrogen-bond acceptors (Lipinski definition) is 3. The third kappa shape index (κ3) is 2.41. The number of benzene rings is 1. The second kappa shape index (κ2) is 4.96. The Hall–Kier alpha value is -0.960. The zero-order chi connectivity index (χ0) is 12.5. The van der Waals surface area contributed by atoms with Gasteiger partial charge in [0.1, 0.15) is 0 Å². The molecule has 0 saturated heterocycles. The van der Waals surface area contributed by atoms with Crippen LogP contribution in [0.1, 0.15) is 31.4 Å². The van der Waals surface area contributed by atoms with Crippen molar-refractivity contribution in [2.75, 3.05) is 11.1 Å². The molecule has 2 nitrogen and oxygen atoms in total. The Labute approximate surface area is 113 Å². The van der Waals surface area contributed by atoms with Crippen molar-refractivity contribution in [1.29, 1.82) is 0 Å². The first-order valence-corrected chi connectivity index (χ1v) is 7.80. The van der Waals surface area contributed by atoms with E-state index in [1.165, 1.54) is 36.1 Å². The van der Waals surface area contributed by atoms with Crippen LogP contribution in [0.25, 0.3) is 0 Å². The standard InChI is InChI=1S/C15H20N2S/c1-10-9-18-15(16-11(10)2)17-14-7-6-12-4-3-5-13(12)8-14/h6-8,10-11H,3-5,9H2,1-2H3,(H,16,17). The molecule has 96 valence electrons. The monoisotopic (exact) mass is 260 g/mol. The van der Waals surface area contributed by atoms with Crippen molar-refractivity contribution < 1.29 is 0 Å². The number of rotatable bonds is 1. The maximum absolute atomic E-state index is 4.72. The van der Waals surface area contributed by atoms with Crippen molar-refractivity contribution >= 4 is 22.6 Å². The minimum absolute atomic E-state index is 0.433. The molecule has 1 aromatic carbocycles. The third-order valence-electron chi connectivity index (χ3n) is 3.98. The molecule has 0 bridgehead atoms. The van der Waals surface area contributed by atoms with Gasteiger partial charge in [0.2, 0.25) is 0 Å². The fourth-order valence-electron chi connectivity index (χ4n) is 2.54. The molecule has 3 heteroatoms. The Morgan fingerprint density at radius 2 is 2.06 bits per heavy atom. The van der Waals surface area contributed by atoms with Gasteiger partial charge in [-0.2, -0.15) is 0 Å². The number of nitrogens with zero attached hydrogens (tertiary/aromatic N) is 1. The lowest BCUT2D eigenvalue weighted by Gasteiger charge is -2.23. The van der Waals surface area contributed by atoms with E-state index in [-0.39, 0.29) is 0 Å². The van der Waals surface area contributed by atoms with Gasteiger partial charge in [-0.15, -0.1) is 0 Å². The first kappa shape index (κ1) is 12.1. The van der Waals surface area contributed by atoms with Crippen LogP contribution >= 0.6 is 11.8 Å². The van der Waals surface area contributed by atoms with Crippen LogP contribution in [0.5, 0.6) is 0 Å². The quantitative estimate of drug-likeness (QED) is 0.832. The van der Waals surface area contributed by atoms with E-state index in [9.17, 15) is 0 Å². The lowest BCUT2D eigenvalue weighted by Crippen LogP contribution is -2.25. The maximum Gasteiger partial charge on any atom is 0.161 e. The van der Waals surface area contributed by atoms with Crippen LogP contribution in [-0.4, -0.2) is 17.0 Å². The van der Waals surface area contributed by atoms with E-state index in [0.717, 1.165) is 10.9 Å². The van der Waals surface area contributed by atoms with E-state index in [4.69, 9.17) is 4.99 Å². The van der Waals surface area contributed by atoms with E-state index in [2.05, 4.69) is 37.4 Å². The summed E-state index contributed by atoms with van der Waals surface area (Å²) in [5, 5.41) is 4.56. The lowest BCUT2D eigenvalue weighted by atomic mass is 10.1. The summed E-state index contributed by atoms with van der Waals surface area (Å²) in [6.07, 6.45) is 3.79. The van der Waals surface area contributed by atoms with Gasteiger partial charge in [-0.1, -0.05) is 24.8 Å². The smallest absolute Gasteiger partial charge is 0.161 e. The molecule has 0 radical (unpaired) electrons. The zero-order valence-corrected chi connectivity index (χ0v) is 11.9. The Morgan fingerprint density at radius 1 is 1.22 bits per heavy atom. The van der Waals surface area contributed by atoms with Crippen molar-refractivity contribution in [3.63, 3.8) is 0 Å². The molecule has 1 N–H and O–H groups in total. The number of aliphatic imine (C=N–C) groups is 1. The van der Waals surface area contributed by atoms with Gasteiger partial charge in [-0.25, -0.2) is 0 Å². The molecule has 1 aliphatic carbocycles. The summed E-state index contributed by atoms with van der Waals surface area (Å²) >= 11 is 1.84. The van der Waals surface area contributed by atoms with Crippen LogP contribution in [0.4, 0.5) is 5.69 Å². The van der Waals surface area contributed by atoms with Gasteiger partial charge < -0.3 is 5.32 Å². The third-order valence-corrected chi connectivity index (χ3v) is 5.15. The molecule has 1 aromatic rings. The number of aryl methyl sites for hydroxylation is 2. The summed E-state index contributed by atoms with van der Waals surface area (Å²) in [6, 6.07) is 7.19. The van der Waals surface area contributed by atoms with Crippen molar-refractivity contribution in [3.05, 3.63) is 29.3 Å². The van der Waals surface area contributed by atoms with Gasteiger partial charge >= 0.3 is 0 Å². The number of amidine groups is 1. The molecular weight excluding hydrogens is 240 g/mol. The predicted molar refractivity (Wildman–Crippen MR) is 80.6 cm³/mol. The highest BCUT2D eigenvalue weighted by molar-refractivity contribution is 8.14. The van der Waals surface area contributed by atoms with Gasteiger partial charge in [-0.05, 0) is 55.4 Å². The minimum atomic E-state index is 0.433. The van der Waals surface area contributed by atoms with E-state index < -0.39 is 0 Å². The molecule has 0 fully saturated rings. The van der Waals surface area contributed by atoms with Gasteiger partial charge in [0.05, 0.1) is 6.04 Å². The van der Waals surface area contributed by atoms with E-state index in [0.29, 0.717) is 12.0 Å². The lowest BCUT2D eigenvalue weighted by molar-refractivity contribution is 0.537. The highest BCUT2D eigenvalue weighted by Gasteiger charge is 2.19. The Bertz CT molecular complexity index is 481. The Kier molecular flexibility index (Phi) is 3.33. The summed E-state index contributed by atoms with van der Waals surface area (Å²) in [5.41, 5.74) is 4.24. The molecule has 2 unspecified atom stereocenters. The molecular formula is C15H20N2S. The zero-order valence-electron chi connectivity index (χ0n) is 11.1. The van der Waals surface area contributed by atoms with E-state index in [1.807, 2.05) is 11.8 Å². The molecule has 18 heavy (non-hydrogen) atoms. The van der Waals surface area contributed by atoms with Gasteiger partial charge in [-0.3, -0.25) is 4.99 Å². The molecule has 0 aromatic heterocycles. The highest BCUT2D eigenvalue weighted by Crippen LogP contribution is 2.27.